The van der Waals surface area contributed by atoms with Gasteiger partial charge >= 0.3 is 0 Å². The summed E-state index contributed by atoms with van der Waals surface area (Å²) in [7, 11) is 0. The molecule has 6 rings (SSSR count). The van der Waals surface area contributed by atoms with E-state index < -0.39 is 0 Å². The number of nitrogens with one attached hydrogen (secondary N) is 1. The second-order valence-electron chi connectivity index (χ2n) is 8.59. The molecule has 0 amide bonds. The molecule has 1 saturated heterocycles. The number of hydrogen-bond acceptors (Lipinski definition) is 8. The summed E-state index contributed by atoms with van der Waals surface area (Å²) >= 11 is 0. The van der Waals surface area contributed by atoms with E-state index in [0.717, 1.165) is 90.0 Å². The molecular weight excluding hydrogens is 442 g/mol. The van der Waals surface area contributed by atoms with Crippen LogP contribution in [-0.4, -0.2) is 77.9 Å². The Hall–Kier alpha value is -4.02. The molecule has 6 heterocycles. The summed E-state index contributed by atoms with van der Waals surface area (Å²) in [5.74, 6) is 0. The lowest BCUT2D eigenvalue weighted by Gasteiger charge is -2.26. The van der Waals surface area contributed by atoms with Crippen LogP contribution in [0.25, 0.3) is 44.9 Å². The van der Waals surface area contributed by atoms with Gasteiger partial charge in [0.15, 0.2) is 0 Å². The third-order valence-corrected chi connectivity index (χ3v) is 6.17. The van der Waals surface area contributed by atoms with Gasteiger partial charge in [-0.1, -0.05) is 11.3 Å². The van der Waals surface area contributed by atoms with Gasteiger partial charge in [-0.15, -0.1) is 5.10 Å². The van der Waals surface area contributed by atoms with Crippen molar-refractivity contribution >= 4 is 11.0 Å². The lowest BCUT2D eigenvalue weighted by molar-refractivity contribution is 0.0359. The van der Waals surface area contributed by atoms with Crippen LogP contribution in [0, 0.1) is 6.92 Å². The maximum Gasteiger partial charge on any atom is 0.120 e. The van der Waals surface area contributed by atoms with Crippen LogP contribution in [0.15, 0.2) is 55.0 Å². The Bertz CT molecular complexity index is 1470. The Morgan fingerprint density at radius 2 is 1.89 bits per heavy atom. The highest BCUT2D eigenvalue weighted by Gasteiger charge is 2.15. The first kappa shape index (κ1) is 21.5. The maximum absolute atomic E-state index is 5.42. The lowest BCUT2D eigenvalue weighted by Crippen LogP contribution is -2.38. The van der Waals surface area contributed by atoms with E-state index in [0.29, 0.717) is 0 Å². The first-order valence-electron chi connectivity index (χ1n) is 11.7. The SMILES string of the molecule is Cc1cccc(-c2n[nH]cc2-c2ccc3ncc(-c4cn(CCN5CCOCC5)nn4)cc3n2)n1. The molecule has 0 spiro atoms. The molecule has 0 bridgehead atoms. The lowest BCUT2D eigenvalue weighted by atomic mass is 10.1. The quantitative estimate of drug-likeness (QED) is 0.406. The van der Waals surface area contributed by atoms with Crippen LogP contribution in [0.2, 0.25) is 0 Å². The molecule has 176 valence electrons. The fourth-order valence-corrected chi connectivity index (χ4v) is 4.26. The molecule has 0 unspecified atom stereocenters. The predicted molar refractivity (Wildman–Crippen MR) is 131 cm³/mol. The largest absolute Gasteiger partial charge is 0.379 e. The zero-order valence-electron chi connectivity index (χ0n) is 19.4. The molecule has 0 saturated carbocycles. The molecule has 0 aromatic carbocycles. The van der Waals surface area contributed by atoms with Crippen molar-refractivity contribution < 1.29 is 4.74 Å². The standard InChI is InChI=1S/C25H25N9O/c1-17-3-2-4-22(28-17)25-19(15-27-31-25)20-5-6-21-23(29-20)13-18(14-26-21)24-16-34(32-30-24)8-7-33-9-11-35-12-10-33/h2-6,13-16H,7-12H2,1H3,(H,27,31). The summed E-state index contributed by atoms with van der Waals surface area (Å²) in [6, 6.07) is 11.8. The molecule has 5 aromatic heterocycles. The number of nitrogens with zero attached hydrogens (tertiary/aromatic N) is 8. The first-order chi connectivity index (χ1) is 17.2. The molecule has 1 aliphatic heterocycles. The minimum atomic E-state index is 0.771. The summed E-state index contributed by atoms with van der Waals surface area (Å²) in [5.41, 5.74) is 7.48. The molecule has 1 aliphatic rings. The van der Waals surface area contributed by atoms with E-state index in [2.05, 4.69) is 35.4 Å². The third-order valence-electron chi connectivity index (χ3n) is 6.17. The number of aromatic nitrogens is 8. The number of fused-ring (bicyclic) bond motifs is 1. The van der Waals surface area contributed by atoms with E-state index in [1.807, 2.05) is 66.6 Å². The summed E-state index contributed by atoms with van der Waals surface area (Å²) in [6.07, 6.45) is 5.63. The fraction of sp³-hybridized carbons (Fsp3) is 0.280. The van der Waals surface area contributed by atoms with Crippen molar-refractivity contribution in [2.24, 2.45) is 0 Å². The number of hydrogen-bond donors (Lipinski definition) is 1. The van der Waals surface area contributed by atoms with Crippen LogP contribution in [0.1, 0.15) is 5.69 Å². The summed E-state index contributed by atoms with van der Waals surface area (Å²) < 4.78 is 7.30. The Morgan fingerprint density at radius 1 is 0.971 bits per heavy atom. The number of pyridine rings is 3. The maximum atomic E-state index is 5.42. The second-order valence-corrected chi connectivity index (χ2v) is 8.59. The highest BCUT2D eigenvalue weighted by atomic mass is 16.5. The average molecular weight is 468 g/mol. The van der Waals surface area contributed by atoms with Gasteiger partial charge in [0.1, 0.15) is 11.4 Å². The highest BCUT2D eigenvalue weighted by Crippen LogP contribution is 2.29. The van der Waals surface area contributed by atoms with E-state index in [1.54, 1.807) is 0 Å². The topological polar surface area (TPSA) is 111 Å². The van der Waals surface area contributed by atoms with Gasteiger partial charge in [-0.3, -0.25) is 24.6 Å². The molecule has 1 N–H and O–H groups in total. The van der Waals surface area contributed by atoms with E-state index in [4.69, 9.17) is 9.72 Å². The Labute approximate surface area is 202 Å². The minimum absolute atomic E-state index is 0.771. The molecule has 0 aliphatic carbocycles. The van der Waals surface area contributed by atoms with Gasteiger partial charge in [-0.05, 0) is 37.3 Å². The monoisotopic (exact) mass is 467 g/mol. The van der Waals surface area contributed by atoms with Crippen LogP contribution >= 0.6 is 0 Å². The van der Waals surface area contributed by atoms with Crippen molar-refractivity contribution in [3.05, 3.63) is 60.7 Å². The third kappa shape index (κ3) is 4.53. The smallest absolute Gasteiger partial charge is 0.120 e. The Balaban J connectivity index is 1.26. The molecule has 10 nitrogen and oxygen atoms in total. The predicted octanol–water partition coefficient (Wildman–Crippen LogP) is 2.98. The van der Waals surface area contributed by atoms with Crippen molar-refractivity contribution in [1.82, 2.24) is 45.0 Å². The molecule has 0 atom stereocenters. The van der Waals surface area contributed by atoms with Crippen LogP contribution in [-0.2, 0) is 11.3 Å². The van der Waals surface area contributed by atoms with Crippen molar-refractivity contribution in [2.45, 2.75) is 13.5 Å². The Kier molecular flexibility index (Phi) is 5.73. The number of aryl methyl sites for hydroxylation is 1. The van der Waals surface area contributed by atoms with Gasteiger partial charge in [0.25, 0.3) is 0 Å². The van der Waals surface area contributed by atoms with Crippen LogP contribution in [0.3, 0.4) is 0 Å². The number of ether oxygens (including phenoxy) is 1. The normalized spacial score (nSPS) is 14.5. The van der Waals surface area contributed by atoms with Gasteiger partial charge in [-0.25, -0.2) is 4.98 Å². The summed E-state index contributed by atoms with van der Waals surface area (Å²) in [4.78, 5) is 16.5. The summed E-state index contributed by atoms with van der Waals surface area (Å²) in [6.45, 7) is 7.19. The van der Waals surface area contributed by atoms with Crippen molar-refractivity contribution in [3.8, 4) is 33.9 Å². The van der Waals surface area contributed by atoms with E-state index in [1.165, 1.54) is 0 Å². The van der Waals surface area contributed by atoms with Crippen molar-refractivity contribution in [2.75, 3.05) is 32.8 Å². The molecular formula is C25H25N9O. The second kappa shape index (κ2) is 9.32. The van der Waals surface area contributed by atoms with Crippen LogP contribution in [0.4, 0.5) is 0 Å². The average Bonchev–Trinajstić information content (AvgIpc) is 3.58. The van der Waals surface area contributed by atoms with Crippen molar-refractivity contribution in [1.29, 1.82) is 0 Å². The highest BCUT2D eigenvalue weighted by molar-refractivity contribution is 5.84. The number of aromatic amines is 1. The van der Waals surface area contributed by atoms with Gasteiger partial charge in [-0.2, -0.15) is 5.10 Å². The zero-order valence-corrected chi connectivity index (χ0v) is 19.4. The number of morpholine rings is 1. The summed E-state index contributed by atoms with van der Waals surface area (Å²) in [5, 5.41) is 16.1. The molecule has 1 fully saturated rings. The van der Waals surface area contributed by atoms with Crippen LogP contribution in [0.5, 0.6) is 0 Å². The number of H-pyrrole nitrogens is 1. The van der Waals surface area contributed by atoms with Gasteiger partial charge in [0, 0.05) is 48.8 Å². The van der Waals surface area contributed by atoms with Gasteiger partial charge < -0.3 is 4.74 Å². The molecule has 35 heavy (non-hydrogen) atoms. The zero-order chi connectivity index (χ0) is 23.6. The molecule has 0 radical (unpaired) electrons. The molecule has 10 heteroatoms. The van der Waals surface area contributed by atoms with E-state index >= 15 is 0 Å². The van der Waals surface area contributed by atoms with Crippen molar-refractivity contribution in [3.63, 3.8) is 0 Å². The molecule has 5 aromatic rings. The van der Waals surface area contributed by atoms with E-state index in [9.17, 15) is 0 Å². The van der Waals surface area contributed by atoms with Gasteiger partial charge in [0.05, 0.1) is 48.4 Å². The van der Waals surface area contributed by atoms with Crippen LogP contribution < -0.4 is 0 Å². The fourth-order valence-electron chi connectivity index (χ4n) is 4.26. The minimum Gasteiger partial charge on any atom is -0.379 e. The Morgan fingerprint density at radius 3 is 2.77 bits per heavy atom. The van der Waals surface area contributed by atoms with E-state index in [-0.39, 0.29) is 0 Å². The number of rotatable bonds is 6. The van der Waals surface area contributed by atoms with Gasteiger partial charge in [0.2, 0.25) is 0 Å². The first-order valence-corrected chi connectivity index (χ1v) is 11.7.